The zero-order valence-electron chi connectivity index (χ0n) is 10.4. The van der Waals surface area contributed by atoms with Gasteiger partial charge in [-0.3, -0.25) is 0 Å². The number of nitrogens with zero attached hydrogens (tertiary/aromatic N) is 1. The van der Waals surface area contributed by atoms with Crippen molar-refractivity contribution in [1.82, 2.24) is 4.90 Å². The van der Waals surface area contributed by atoms with E-state index >= 15 is 0 Å². The smallest absolute Gasteiger partial charge is 0.00952 e. The van der Waals surface area contributed by atoms with Gasteiger partial charge in [-0.25, -0.2) is 0 Å². The first-order valence-electron chi connectivity index (χ1n) is 6.82. The molecule has 0 bridgehead atoms. The van der Waals surface area contributed by atoms with E-state index in [1.54, 1.807) is 0 Å². The largest absolute Gasteiger partial charge is 0.330 e. The highest BCUT2D eigenvalue weighted by atomic mass is 15.2. The Morgan fingerprint density at radius 1 is 1.07 bits per heavy atom. The van der Waals surface area contributed by atoms with Crippen molar-refractivity contribution in [3.05, 3.63) is 0 Å². The zero-order chi connectivity index (χ0) is 10.9. The van der Waals surface area contributed by atoms with Gasteiger partial charge in [0, 0.05) is 6.04 Å². The Kier molecular flexibility index (Phi) is 7.03. The lowest BCUT2D eigenvalue weighted by Crippen LogP contribution is -2.41. The van der Waals surface area contributed by atoms with Crippen LogP contribution in [0.15, 0.2) is 0 Å². The molecule has 1 rings (SSSR count). The molecule has 2 heteroatoms. The maximum atomic E-state index is 5.59. The molecule has 1 aliphatic rings. The van der Waals surface area contributed by atoms with E-state index in [1.807, 2.05) is 0 Å². The Labute approximate surface area is 95.2 Å². The Bertz CT molecular complexity index is 143. The predicted octanol–water partition coefficient (Wildman–Crippen LogP) is 2.77. The molecule has 0 radical (unpaired) electrons. The van der Waals surface area contributed by atoms with Gasteiger partial charge in [-0.1, -0.05) is 32.6 Å². The third-order valence-electron chi connectivity index (χ3n) is 3.54. The summed E-state index contributed by atoms with van der Waals surface area (Å²) in [5.41, 5.74) is 5.59. The summed E-state index contributed by atoms with van der Waals surface area (Å²) < 4.78 is 0. The Hall–Kier alpha value is -0.0800. The Morgan fingerprint density at radius 2 is 1.80 bits per heavy atom. The summed E-state index contributed by atoms with van der Waals surface area (Å²) in [5, 5.41) is 0. The van der Waals surface area contributed by atoms with Crippen LogP contribution in [0.5, 0.6) is 0 Å². The third kappa shape index (κ3) is 4.98. The maximum Gasteiger partial charge on any atom is 0.00952 e. The SMILES string of the molecule is CCCCCCN(CCCN)C1CCC1. The summed E-state index contributed by atoms with van der Waals surface area (Å²) in [5.74, 6) is 0. The molecule has 2 nitrogen and oxygen atoms in total. The van der Waals surface area contributed by atoms with Gasteiger partial charge in [0.15, 0.2) is 0 Å². The van der Waals surface area contributed by atoms with Gasteiger partial charge in [0.2, 0.25) is 0 Å². The first-order chi connectivity index (χ1) is 7.38. The van der Waals surface area contributed by atoms with Crippen LogP contribution in [0.1, 0.15) is 58.3 Å². The van der Waals surface area contributed by atoms with Gasteiger partial charge in [-0.15, -0.1) is 0 Å². The lowest BCUT2D eigenvalue weighted by atomic mass is 9.91. The highest BCUT2D eigenvalue weighted by Crippen LogP contribution is 2.25. The number of hydrogen-bond acceptors (Lipinski definition) is 2. The van der Waals surface area contributed by atoms with Crippen LogP contribution >= 0.6 is 0 Å². The van der Waals surface area contributed by atoms with Crippen LogP contribution in [-0.4, -0.2) is 30.6 Å². The highest BCUT2D eigenvalue weighted by molar-refractivity contribution is 4.79. The summed E-state index contributed by atoms with van der Waals surface area (Å²) in [6.45, 7) is 5.66. The fraction of sp³-hybridized carbons (Fsp3) is 1.00. The third-order valence-corrected chi connectivity index (χ3v) is 3.54. The van der Waals surface area contributed by atoms with Gasteiger partial charge in [0.1, 0.15) is 0 Å². The molecule has 0 spiro atoms. The average molecular weight is 212 g/mol. The van der Waals surface area contributed by atoms with Crippen molar-refractivity contribution in [2.45, 2.75) is 64.3 Å². The van der Waals surface area contributed by atoms with E-state index in [4.69, 9.17) is 5.73 Å². The van der Waals surface area contributed by atoms with Crippen molar-refractivity contribution in [3.8, 4) is 0 Å². The van der Waals surface area contributed by atoms with Crippen molar-refractivity contribution in [2.75, 3.05) is 19.6 Å². The molecule has 0 atom stereocenters. The van der Waals surface area contributed by atoms with Gasteiger partial charge in [0.25, 0.3) is 0 Å². The maximum absolute atomic E-state index is 5.59. The second kappa shape index (κ2) is 8.12. The van der Waals surface area contributed by atoms with Crippen molar-refractivity contribution in [2.24, 2.45) is 5.73 Å². The lowest BCUT2D eigenvalue weighted by Gasteiger charge is -2.37. The van der Waals surface area contributed by atoms with E-state index in [2.05, 4.69) is 11.8 Å². The van der Waals surface area contributed by atoms with Gasteiger partial charge >= 0.3 is 0 Å². The monoisotopic (exact) mass is 212 g/mol. The minimum Gasteiger partial charge on any atom is -0.330 e. The number of unbranched alkanes of at least 4 members (excludes halogenated alkanes) is 3. The van der Waals surface area contributed by atoms with Gasteiger partial charge in [-0.2, -0.15) is 0 Å². The molecular weight excluding hydrogens is 184 g/mol. The average Bonchev–Trinajstić information content (AvgIpc) is 2.17. The highest BCUT2D eigenvalue weighted by Gasteiger charge is 2.23. The number of rotatable bonds is 9. The molecule has 90 valence electrons. The molecule has 0 aromatic heterocycles. The van der Waals surface area contributed by atoms with E-state index in [9.17, 15) is 0 Å². The second-order valence-corrected chi connectivity index (χ2v) is 4.82. The van der Waals surface area contributed by atoms with Crippen LogP contribution in [0.25, 0.3) is 0 Å². The van der Waals surface area contributed by atoms with Crippen LogP contribution in [0, 0.1) is 0 Å². The topological polar surface area (TPSA) is 29.3 Å². The molecule has 1 aliphatic carbocycles. The van der Waals surface area contributed by atoms with Crippen LogP contribution < -0.4 is 5.73 Å². The summed E-state index contributed by atoms with van der Waals surface area (Å²) in [7, 11) is 0. The van der Waals surface area contributed by atoms with E-state index in [0.29, 0.717) is 0 Å². The van der Waals surface area contributed by atoms with Crippen molar-refractivity contribution in [3.63, 3.8) is 0 Å². The predicted molar refractivity (Wildman–Crippen MR) is 67.0 cm³/mol. The Morgan fingerprint density at radius 3 is 2.33 bits per heavy atom. The van der Waals surface area contributed by atoms with Crippen LogP contribution in [0.3, 0.4) is 0 Å². The summed E-state index contributed by atoms with van der Waals surface area (Å²) in [6, 6.07) is 0.901. The number of nitrogens with two attached hydrogens (primary N) is 1. The Balaban J connectivity index is 2.10. The van der Waals surface area contributed by atoms with E-state index in [1.165, 1.54) is 64.5 Å². The zero-order valence-corrected chi connectivity index (χ0v) is 10.4. The summed E-state index contributed by atoms with van der Waals surface area (Å²) in [6.07, 6.45) is 11.0. The molecule has 2 N–H and O–H groups in total. The first-order valence-corrected chi connectivity index (χ1v) is 6.82. The molecule has 1 saturated carbocycles. The minimum absolute atomic E-state index is 0.845. The molecule has 0 aromatic carbocycles. The normalized spacial score (nSPS) is 17.0. The van der Waals surface area contributed by atoms with Crippen molar-refractivity contribution >= 4 is 0 Å². The molecule has 0 saturated heterocycles. The fourth-order valence-corrected chi connectivity index (χ4v) is 2.26. The van der Waals surface area contributed by atoms with E-state index < -0.39 is 0 Å². The van der Waals surface area contributed by atoms with Crippen LogP contribution in [0.2, 0.25) is 0 Å². The molecule has 15 heavy (non-hydrogen) atoms. The van der Waals surface area contributed by atoms with E-state index in [0.717, 1.165) is 12.6 Å². The molecular formula is C13H28N2. The van der Waals surface area contributed by atoms with Crippen molar-refractivity contribution in [1.29, 1.82) is 0 Å². The molecule has 0 aromatic rings. The summed E-state index contributed by atoms with van der Waals surface area (Å²) >= 11 is 0. The van der Waals surface area contributed by atoms with Crippen molar-refractivity contribution < 1.29 is 0 Å². The van der Waals surface area contributed by atoms with E-state index in [-0.39, 0.29) is 0 Å². The molecule has 0 amide bonds. The van der Waals surface area contributed by atoms with Gasteiger partial charge < -0.3 is 10.6 Å². The molecule has 0 heterocycles. The van der Waals surface area contributed by atoms with Crippen LogP contribution in [-0.2, 0) is 0 Å². The minimum atomic E-state index is 0.845. The standard InChI is InChI=1S/C13H28N2/c1-2-3-4-5-11-15(12-7-10-14)13-8-6-9-13/h13H,2-12,14H2,1H3. The number of hydrogen-bond donors (Lipinski definition) is 1. The van der Waals surface area contributed by atoms with Gasteiger partial charge in [-0.05, 0) is 45.3 Å². The second-order valence-electron chi connectivity index (χ2n) is 4.82. The molecule has 0 unspecified atom stereocenters. The quantitative estimate of drug-likeness (QED) is 0.595. The van der Waals surface area contributed by atoms with Crippen LogP contribution in [0.4, 0.5) is 0 Å². The lowest BCUT2D eigenvalue weighted by molar-refractivity contribution is 0.124. The fourth-order valence-electron chi connectivity index (χ4n) is 2.26. The van der Waals surface area contributed by atoms with Gasteiger partial charge in [0.05, 0.1) is 0 Å². The summed E-state index contributed by atoms with van der Waals surface area (Å²) in [4.78, 5) is 2.69. The first kappa shape index (κ1) is 13.0. The molecule has 0 aliphatic heterocycles. The molecule has 1 fully saturated rings.